The summed E-state index contributed by atoms with van der Waals surface area (Å²) in [6, 6.07) is 6.73. The van der Waals surface area contributed by atoms with Crippen molar-refractivity contribution in [3.63, 3.8) is 0 Å². The van der Waals surface area contributed by atoms with Crippen molar-refractivity contribution in [2.45, 2.75) is 6.92 Å². The molecule has 1 aromatic rings. The number of carbonyl (C=O) groups is 2. The first kappa shape index (κ1) is 11.5. The van der Waals surface area contributed by atoms with E-state index in [1.54, 1.807) is 24.3 Å². The first-order valence-electron chi connectivity index (χ1n) is 4.23. The topological polar surface area (TPSA) is 54.4 Å². The van der Waals surface area contributed by atoms with Crippen LogP contribution in [0.3, 0.4) is 0 Å². The number of carbonyl (C=O) groups excluding carboxylic acids is 1. The highest BCUT2D eigenvalue weighted by molar-refractivity contribution is 6.32. The average molecular weight is 225 g/mol. The lowest BCUT2D eigenvalue weighted by Crippen LogP contribution is -2.08. The molecule has 0 heterocycles. The fourth-order valence-electron chi connectivity index (χ4n) is 1.06. The Bertz CT molecular complexity index is 419. The minimum absolute atomic E-state index is 0.275. The standard InChI is InChI=1S/C11H9ClO3/c1-7(13)9(11(14)15)6-8-4-2-3-5-10(8)12/h2-6H,1H3,(H,14,15)/b9-6+. The molecule has 15 heavy (non-hydrogen) atoms. The maximum absolute atomic E-state index is 11.0. The summed E-state index contributed by atoms with van der Waals surface area (Å²) in [5.74, 6) is -1.75. The summed E-state index contributed by atoms with van der Waals surface area (Å²) in [5, 5.41) is 9.18. The first-order valence-corrected chi connectivity index (χ1v) is 4.60. The number of benzene rings is 1. The van der Waals surface area contributed by atoms with Gasteiger partial charge in [0.2, 0.25) is 0 Å². The number of rotatable bonds is 3. The number of hydrogen-bond donors (Lipinski definition) is 1. The molecule has 0 aliphatic rings. The Kier molecular flexibility index (Phi) is 3.63. The van der Waals surface area contributed by atoms with Gasteiger partial charge >= 0.3 is 5.97 Å². The van der Waals surface area contributed by atoms with E-state index in [9.17, 15) is 9.59 Å². The Labute approximate surface area is 92.0 Å². The Morgan fingerprint density at radius 3 is 2.40 bits per heavy atom. The van der Waals surface area contributed by atoms with Crippen molar-refractivity contribution in [2.24, 2.45) is 0 Å². The van der Waals surface area contributed by atoms with Gasteiger partial charge in [0.25, 0.3) is 0 Å². The maximum atomic E-state index is 11.0. The summed E-state index contributed by atoms with van der Waals surface area (Å²) in [6.07, 6.45) is 1.27. The zero-order valence-corrected chi connectivity index (χ0v) is 8.78. The van der Waals surface area contributed by atoms with E-state index in [2.05, 4.69) is 0 Å². The molecule has 1 N–H and O–H groups in total. The van der Waals surface area contributed by atoms with Gasteiger partial charge in [-0.25, -0.2) is 4.79 Å². The Morgan fingerprint density at radius 1 is 1.33 bits per heavy atom. The van der Waals surface area contributed by atoms with E-state index in [1.807, 2.05) is 0 Å². The zero-order chi connectivity index (χ0) is 11.4. The van der Waals surface area contributed by atoms with E-state index in [4.69, 9.17) is 16.7 Å². The molecule has 0 amide bonds. The van der Waals surface area contributed by atoms with Gasteiger partial charge in [0.1, 0.15) is 5.57 Å². The Morgan fingerprint density at radius 2 is 1.93 bits per heavy atom. The molecule has 0 aliphatic carbocycles. The van der Waals surface area contributed by atoms with Crippen LogP contribution >= 0.6 is 11.6 Å². The van der Waals surface area contributed by atoms with Crippen LogP contribution in [0.1, 0.15) is 12.5 Å². The summed E-state index contributed by atoms with van der Waals surface area (Å²) in [5.41, 5.74) is 0.245. The van der Waals surface area contributed by atoms with Crippen LogP contribution in [0.4, 0.5) is 0 Å². The van der Waals surface area contributed by atoms with Crippen LogP contribution in [0.25, 0.3) is 6.08 Å². The molecule has 0 saturated heterocycles. The molecule has 0 fully saturated rings. The van der Waals surface area contributed by atoms with Crippen LogP contribution in [-0.4, -0.2) is 16.9 Å². The molecular formula is C11H9ClO3. The monoisotopic (exact) mass is 224 g/mol. The zero-order valence-electron chi connectivity index (χ0n) is 8.03. The minimum atomic E-state index is -1.25. The third-order valence-electron chi connectivity index (χ3n) is 1.81. The summed E-state index contributed by atoms with van der Waals surface area (Å²) in [7, 11) is 0. The summed E-state index contributed by atoms with van der Waals surface area (Å²) < 4.78 is 0. The van der Waals surface area contributed by atoms with E-state index in [0.717, 1.165) is 0 Å². The second kappa shape index (κ2) is 4.75. The molecule has 78 valence electrons. The molecule has 1 aromatic carbocycles. The van der Waals surface area contributed by atoms with Gasteiger partial charge in [0.15, 0.2) is 5.78 Å². The number of halogens is 1. The normalized spacial score (nSPS) is 11.2. The molecule has 0 unspecified atom stereocenters. The highest BCUT2D eigenvalue weighted by atomic mass is 35.5. The number of carboxylic acids is 1. The van der Waals surface area contributed by atoms with Gasteiger partial charge in [0.05, 0.1) is 0 Å². The maximum Gasteiger partial charge on any atom is 0.339 e. The van der Waals surface area contributed by atoms with Crippen LogP contribution in [0.15, 0.2) is 29.8 Å². The molecule has 3 nitrogen and oxygen atoms in total. The molecule has 0 atom stereocenters. The molecular weight excluding hydrogens is 216 g/mol. The number of Topliss-reactive ketones (excluding diaryl/α,β-unsaturated/α-hetero) is 1. The van der Waals surface area contributed by atoms with E-state index in [0.29, 0.717) is 10.6 Å². The second-order valence-electron chi connectivity index (χ2n) is 2.94. The van der Waals surface area contributed by atoms with Gasteiger partial charge in [-0.1, -0.05) is 29.8 Å². The van der Waals surface area contributed by atoms with Crippen LogP contribution in [0.2, 0.25) is 5.02 Å². The highest BCUT2D eigenvalue weighted by Gasteiger charge is 2.12. The fraction of sp³-hybridized carbons (Fsp3) is 0.0909. The van der Waals surface area contributed by atoms with Gasteiger partial charge in [-0.3, -0.25) is 4.79 Å². The summed E-state index contributed by atoms with van der Waals surface area (Å²) in [6.45, 7) is 1.21. The lowest BCUT2D eigenvalue weighted by atomic mass is 10.1. The van der Waals surface area contributed by atoms with Crippen molar-refractivity contribution < 1.29 is 14.7 Å². The summed E-state index contributed by atoms with van der Waals surface area (Å²) >= 11 is 5.83. The van der Waals surface area contributed by atoms with Crippen molar-refractivity contribution in [2.75, 3.05) is 0 Å². The average Bonchev–Trinajstić information content (AvgIpc) is 2.15. The molecule has 0 saturated carbocycles. The number of aliphatic carboxylic acids is 1. The van der Waals surface area contributed by atoms with Crippen LogP contribution in [0.5, 0.6) is 0 Å². The van der Waals surface area contributed by atoms with Gasteiger partial charge in [-0.05, 0) is 24.6 Å². The second-order valence-corrected chi connectivity index (χ2v) is 3.35. The first-order chi connectivity index (χ1) is 7.02. The third-order valence-corrected chi connectivity index (χ3v) is 2.16. The highest BCUT2D eigenvalue weighted by Crippen LogP contribution is 2.18. The molecule has 0 aliphatic heterocycles. The lowest BCUT2D eigenvalue weighted by Gasteiger charge is -1.99. The van der Waals surface area contributed by atoms with Crippen molar-refractivity contribution in [1.82, 2.24) is 0 Å². The van der Waals surface area contributed by atoms with Crippen LogP contribution in [-0.2, 0) is 9.59 Å². The van der Waals surface area contributed by atoms with Crippen molar-refractivity contribution in [3.8, 4) is 0 Å². The molecule has 4 heteroatoms. The molecule has 0 bridgehead atoms. The van der Waals surface area contributed by atoms with Crippen molar-refractivity contribution >= 4 is 29.4 Å². The van der Waals surface area contributed by atoms with E-state index >= 15 is 0 Å². The van der Waals surface area contributed by atoms with Crippen LogP contribution < -0.4 is 0 Å². The number of ketones is 1. The van der Waals surface area contributed by atoms with Crippen LogP contribution in [0, 0.1) is 0 Å². The molecule has 0 aromatic heterocycles. The van der Waals surface area contributed by atoms with Gasteiger partial charge in [-0.2, -0.15) is 0 Å². The van der Waals surface area contributed by atoms with Gasteiger partial charge in [-0.15, -0.1) is 0 Å². The summed E-state index contributed by atoms with van der Waals surface area (Å²) in [4.78, 5) is 21.7. The minimum Gasteiger partial charge on any atom is -0.478 e. The number of hydrogen-bond acceptors (Lipinski definition) is 2. The Balaban J connectivity index is 3.19. The Hall–Kier alpha value is -1.61. The van der Waals surface area contributed by atoms with Gasteiger partial charge in [0, 0.05) is 5.02 Å². The fourth-order valence-corrected chi connectivity index (χ4v) is 1.25. The largest absolute Gasteiger partial charge is 0.478 e. The lowest BCUT2D eigenvalue weighted by molar-refractivity contribution is -0.134. The smallest absolute Gasteiger partial charge is 0.339 e. The van der Waals surface area contributed by atoms with Crippen molar-refractivity contribution in [1.29, 1.82) is 0 Å². The molecule has 1 rings (SSSR count). The van der Waals surface area contributed by atoms with E-state index in [1.165, 1.54) is 13.0 Å². The van der Waals surface area contributed by atoms with Gasteiger partial charge < -0.3 is 5.11 Å². The molecule has 0 spiro atoms. The predicted molar refractivity (Wildman–Crippen MR) is 57.7 cm³/mol. The van der Waals surface area contributed by atoms with E-state index in [-0.39, 0.29) is 5.57 Å². The quantitative estimate of drug-likeness (QED) is 0.487. The van der Waals surface area contributed by atoms with Crippen molar-refractivity contribution in [3.05, 3.63) is 40.4 Å². The third kappa shape index (κ3) is 2.92. The predicted octanol–water partition coefficient (Wildman–Crippen LogP) is 2.40. The van der Waals surface area contributed by atoms with E-state index < -0.39 is 11.8 Å². The molecule has 0 radical (unpaired) electrons. The SMILES string of the molecule is CC(=O)/C(=C\c1ccccc1Cl)C(=O)O. The number of carboxylic acid groups (broad SMARTS) is 1.